The van der Waals surface area contributed by atoms with Gasteiger partial charge in [-0.15, -0.1) is 11.3 Å². The number of aromatic nitrogens is 1. The van der Waals surface area contributed by atoms with E-state index in [0.29, 0.717) is 17.9 Å². The third kappa shape index (κ3) is 3.39. The van der Waals surface area contributed by atoms with E-state index in [1.54, 1.807) is 38.4 Å². The number of nitrogens with zero attached hydrogens (tertiary/aromatic N) is 2. The van der Waals surface area contributed by atoms with Gasteiger partial charge in [0.1, 0.15) is 5.75 Å². The first-order chi connectivity index (χ1) is 12.5. The van der Waals surface area contributed by atoms with Gasteiger partial charge < -0.3 is 9.47 Å². The molecule has 1 aromatic heterocycles. The molecule has 0 aliphatic heterocycles. The minimum atomic E-state index is -1.13. The van der Waals surface area contributed by atoms with Crippen molar-refractivity contribution >= 4 is 27.5 Å². The smallest absolute Gasteiger partial charge is 0.349 e. The average molecular weight is 366 g/mol. The first-order valence-corrected chi connectivity index (χ1v) is 9.07. The predicted octanol–water partition coefficient (Wildman–Crippen LogP) is 4.56. The molecule has 0 aliphatic rings. The Labute approximate surface area is 155 Å². The summed E-state index contributed by atoms with van der Waals surface area (Å²) in [6.07, 6.45) is 0. The molecule has 0 radical (unpaired) electrons. The highest BCUT2D eigenvalue weighted by atomic mass is 32.1. The van der Waals surface area contributed by atoms with Crippen LogP contribution >= 0.6 is 11.3 Å². The fourth-order valence-electron chi connectivity index (χ4n) is 2.60. The van der Waals surface area contributed by atoms with Gasteiger partial charge in [-0.2, -0.15) is 5.26 Å². The lowest BCUT2D eigenvalue weighted by Crippen LogP contribution is -2.39. The summed E-state index contributed by atoms with van der Waals surface area (Å²) in [5.74, 6) is 0.152. The van der Waals surface area contributed by atoms with Crippen molar-refractivity contribution in [2.45, 2.75) is 26.4 Å². The molecule has 2 aromatic carbocycles. The van der Waals surface area contributed by atoms with E-state index in [-0.39, 0.29) is 0 Å². The third-order valence-corrected chi connectivity index (χ3v) is 4.76. The van der Waals surface area contributed by atoms with E-state index in [1.165, 1.54) is 11.3 Å². The van der Waals surface area contributed by atoms with E-state index in [1.807, 2.05) is 24.3 Å². The zero-order valence-corrected chi connectivity index (χ0v) is 15.6. The number of rotatable bonds is 5. The molecule has 0 spiro atoms. The maximum absolute atomic E-state index is 12.2. The number of benzene rings is 2. The van der Waals surface area contributed by atoms with Crippen LogP contribution in [0.3, 0.4) is 0 Å². The van der Waals surface area contributed by atoms with Crippen LogP contribution in [0.15, 0.2) is 41.9 Å². The number of esters is 1. The zero-order chi connectivity index (χ0) is 18.7. The summed E-state index contributed by atoms with van der Waals surface area (Å²) in [5, 5.41) is 9.02. The number of thiazole rings is 1. The second-order valence-electron chi connectivity index (χ2n) is 6.16. The summed E-state index contributed by atoms with van der Waals surface area (Å²) in [7, 11) is 0. The van der Waals surface area contributed by atoms with E-state index in [2.05, 4.69) is 11.1 Å². The van der Waals surface area contributed by atoms with Crippen molar-refractivity contribution in [3.05, 3.63) is 47.5 Å². The lowest BCUT2D eigenvalue weighted by Gasteiger charge is -2.25. The Morgan fingerprint density at radius 2 is 1.96 bits per heavy atom. The van der Waals surface area contributed by atoms with Gasteiger partial charge in [0.25, 0.3) is 0 Å². The molecule has 0 fully saturated rings. The topological polar surface area (TPSA) is 72.2 Å². The number of hydrogen-bond acceptors (Lipinski definition) is 6. The van der Waals surface area contributed by atoms with Crippen LogP contribution in [0.4, 0.5) is 0 Å². The van der Waals surface area contributed by atoms with E-state index in [0.717, 1.165) is 21.3 Å². The molecule has 0 atom stereocenters. The standard InChI is InChI=1S/C20H18N2O3S/c1-4-24-19(23)20(2,3)25-16-10-9-15-18(26-12-22-15)17(16)14-7-5-13(11-21)6-8-14/h5-10,12H,4H2,1-3H3. The van der Waals surface area contributed by atoms with Gasteiger partial charge in [0.15, 0.2) is 5.60 Å². The molecule has 132 valence electrons. The first-order valence-electron chi connectivity index (χ1n) is 8.19. The Bertz CT molecular complexity index is 984. The summed E-state index contributed by atoms with van der Waals surface area (Å²) in [4.78, 5) is 16.6. The first kappa shape index (κ1) is 17.9. The second-order valence-corrected chi connectivity index (χ2v) is 7.02. The van der Waals surface area contributed by atoms with Gasteiger partial charge in [-0.25, -0.2) is 9.78 Å². The third-order valence-electron chi connectivity index (χ3n) is 3.90. The molecule has 0 aliphatic carbocycles. The van der Waals surface area contributed by atoms with E-state index in [4.69, 9.17) is 14.7 Å². The molecule has 3 rings (SSSR count). The summed E-state index contributed by atoms with van der Waals surface area (Å²) in [6, 6.07) is 13.1. The highest BCUT2D eigenvalue weighted by Gasteiger charge is 2.33. The number of nitriles is 1. The van der Waals surface area contributed by atoms with Crippen LogP contribution in [0.5, 0.6) is 5.75 Å². The van der Waals surface area contributed by atoms with Crippen LogP contribution in [0.25, 0.3) is 21.3 Å². The maximum atomic E-state index is 12.2. The number of fused-ring (bicyclic) bond motifs is 1. The molecule has 0 amide bonds. The molecule has 0 saturated heterocycles. The normalized spacial score (nSPS) is 11.2. The van der Waals surface area contributed by atoms with Gasteiger partial charge >= 0.3 is 5.97 Å². The second kappa shape index (κ2) is 7.14. The molecule has 6 heteroatoms. The van der Waals surface area contributed by atoms with E-state index < -0.39 is 11.6 Å². The molecule has 1 heterocycles. The number of ether oxygens (including phenoxy) is 2. The molecule has 26 heavy (non-hydrogen) atoms. The van der Waals surface area contributed by atoms with E-state index in [9.17, 15) is 4.79 Å². The van der Waals surface area contributed by atoms with Crippen molar-refractivity contribution in [1.29, 1.82) is 5.26 Å². The Morgan fingerprint density at radius 3 is 2.62 bits per heavy atom. The lowest BCUT2D eigenvalue weighted by molar-refractivity contribution is -0.158. The maximum Gasteiger partial charge on any atom is 0.349 e. The summed E-state index contributed by atoms with van der Waals surface area (Å²) in [6.45, 7) is 5.43. The Morgan fingerprint density at radius 1 is 1.23 bits per heavy atom. The molecular weight excluding hydrogens is 348 g/mol. The number of hydrogen-bond donors (Lipinski definition) is 0. The van der Waals surface area contributed by atoms with Crippen molar-refractivity contribution < 1.29 is 14.3 Å². The summed E-state index contributed by atoms with van der Waals surface area (Å²) in [5.41, 5.74) is 3.84. The minimum Gasteiger partial charge on any atom is -0.475 e. The minimum absolute atomic E-state index is 0.294. The van der Waals surface area contributed by atoms with Crippen LogP contribution in [0, 0.1) is 11.3 Å². The largest absolute Gasteiger partial charge is 0.475 e. The molecule has 0 bridgehead atoms. The SMILES string of the molecule is CCOC(=O)C(C)(C)Oc1ccc2ncsc2c1-c1ccc(C#N)cc1. The van der Waals surface area contributed by atoms with Gasteiger partial charge in [0.05, 0.1) is 34.0 Å². The van der Waals surface area contributed by atoms with Crippen LogP contribution in [-0.2, 0) is 9.53 Å². The van der Waals surface area contributed by atoms with Gasteiger partial charge in [-0.05, 0) is 50.6 Å². The Hall–Kier alpha value is -2.91. The van der Waals surface area contributed by atoms with Gasteiger partial charge in [-0.1, -0.05) is 12.1 Å². The van der Waals surface area contributed by atoms with Gasteiger partial charge in [0.2, 0.25) is 0 Å². The van der Waals surface area contributed by atoms with Crippen molar-refractivity contribution in [3.8, 4) is 22.9 Å². The van der Waals surface area contributed by atoms with Crippen molar-refractivity contribution in [2.24, 2.45) is 0 Å². The Kier molecular flexibility index (Phi) is 4.92. The molecule has 0 N–H and O–H groups in total. The fraction of sp³-hybridized carbons (Fsp3) is 0.250. The molecular formula is C20H18N2O3S. The van der Waals surface area contributed by atoms with Crippen LogP contribution in [0.1, 0.15) is 26.3 Å². The molecule has 3 aromatic rings. The van der Waals surface area contributed by atoms with Crippen LogP contribution in [0.2, 0.25) is 0 Å². The summed E-state index contributed by atoms with van der Waals surface area (Å²) < 4.78 is 12.2. The summed E-state index contributed by atoms with van der Waals surface area (Å²) >= 11 is 1.51. The lowest BCUT2D eigenvalue weighted by atomic mass is 10.0. The highest BCUT2D eigenvalue weighted by molar-refractivity contribution is 7.17. The quantitative estimate of drug-likeness (QED) is 0.619. The van der Waals surface area contributed by atoms with Crippen molar-refractivity contribution in [3.63, 3.8) is 0 Å². The zero-order valence-electron chi connectivity index (χ0n) is 14.8. The van der Waals surface area contributed by atoms with Gasteiger partial charge in [0, 0.05) is 5.56 Å². The fourth-order valence-corrected chi connectivity index (χ4v) is 3.45. The van der Waals surface area contributed by atoms with Crippen molar-refractivity contribution in [2.75, 3.05) is 6.61 Å². The van der Waals surface area contributed by atoms with Crippen LogP contribution in [-0.4, -0.2) is 23.2 Å². The molecule has 0 unspecified atom stereocenters. The molecule has 0 saturated carbocycles. The molecule has 5 nitrogen and oxygen atoms in total. The predicted molar refractivity (Wildman–Crippen MR) is 101 cm³/mol. The highest BCUT2D eigenvalue weighted by Crippen LogP contribution is 2.40. The van der Waals surface area contributed by atoms with E-state index >= 15 is 0 Å². The van der Waals surface area contributed by atoms with Gasteiger partial charge in [-0.3, -0.25) is 0 Å². The number of carbonyl (C=O) groups excluding carboxylic acids is 1. The van der Waals surface area contributed by atoms with Crippen LogP contribution < -0.4 is 4.74 Å². The average Bonchev–Trinajstić information content (AvgIpc) is 3.10. The Balaban J connectivity index is 2.11. The monoisotopic (exact) mass is 366 g/mol. The van der Waals surface area contributed by atoms with Crippen molar-refractivity contribution in [1.82, 2.24) is 4.98 Å². The number of carbonyl (C=O) groups is 1.